The van der Waals surface area contributed by atoms with Gasteiger partial charge < -0.3 is 4.74 Å². The number of carbonyl (C=O) groups is 1. The Morgan fingerprint density at radius 2 is 2.00 bits per heavy atom. The summed E-state index contributed by atoms with van der Waals surface area (Å²) in [5.41, 5.74) is 1.61. The van der Waals surface area contributed by atoms with Crippen LogP contribution in [0.4, 0.5) is 0 Å². The maximum absolute atomic E-state index is 11.7. The second-order valence-corrected chi connectivity index (χ2v) is 5.66. The molecular formula is C16H21NO2. The second-order valence-electron chi connectivity index (χ2n) is 5.66. The molecule has 0 saturated carbocycles. The monoisotopic (exact) mass is 259 g/mol. The standard InChI is InChI=1S/C16H21NO2/c1-12-7-5-6-8-14(12)13(11-17)9-10-15(18)19-16(2,3)4/h5-8,13H,9-10H2,1-4H3. The Kier molecular flexibility index (Phi) is 5.11. The van der Waals surface area contributed by atoms with Gasteiger partial charge in [-0.1, -0.05) is 24.3 Å². The van der Waals surface area contributed by atoms with Crippen LogP contribution in [0.1, 0.15) is 50.7 Å². The predicted molar refractivity (Wildman–Crippen MR) is 74.6 cm³/mol. The minimum atomic E-state index is -0.470. The SMILES string of the molecule is Cc1ccccc1C(C#N)CCC(=O)OC(C)(C)C. The number of hydrogen-bond acceptors (Lipinski definition) is 3. The summed E-state index contributed by atoms with van der Waals surface area (Å²) in [6, 6.07) is 10.1. The van der Waals surface area contributed by atoms with Crippen LogP contribution in [0.3, 0.4) is 0 Å². The van der Waals surface area contributed by atoms with Crippen molar-refractivity contribution in [2.24, 2.45) is 0 Å². The van der Waals surface area contributed by atoms with Crippen molar-refractivity contribution in [2.45, 2.75) is 52.1 Å². The van der Waals surface area contributed by atoms with Crippen molar-refractivity contribution in [3.8, 4) is 6.07 Å². The van der Waals surface area contributed by atoms with Crippen molar-refractivity contribution in [1.82, 2.24) is 0 Å². The normalized spacial score (nSPS) is 12.6. The molecule has 1 rings (SSSR count). The molecule has 0 amide bonds. The number of rotatable bonds is 4. The average Bonchev–Trinajstić information content (AvgIpc) is 2.29. The lowest BCUT2D eigenvalue weighted by Crippen LogP contribution is -2.24. The van der Waals surface area contributed by atoms with E-state index in [4.69, 9.17) is 4.74 Å². The van der Waals surface area contributed by atoms with Crippen LogP contribution in [0, 0.1) is 18.3 Å². The summed E-state index contributed by atoms with van der Waals surface area (Å²) in [7, 11) is 0. The number of nitriles is 1. The molecule has 1 atom stereocenters. The molecular weight excluding hydrogens is 238 g/mol. The average molecular weight is 259 g/mol. The Morgan fingerprint density at radius 1 is 1.37 bits per heavy atom. The minimum Gasteiger partial charge on any atom is -0.460 e. The van der Waals surface area contributed by atoms with Crippen molar-refractivity contribution in [3.63, 3.8) is 0 Å². The number of ether oxygens (including phenoxy) is 1. The number of nitrogens with zero attached hydrogens (tertiary/aromatic N) is 1. The summed E-state index contributed by atoms with van der Waals surface area (Å²) < 4.78 is 5.25. The molecule has 0 aliphatic carbocycles. The number of benzene rings is 1. The van der Waals surface area contributed by atoms with E-state index in [1.54, 1.807) is 0 Å². The first kappa shape index (κ1) is 15.2. The van der Waals surface area contributed by atoms with E-state index in [2.05, 4.69) is 6.07 Å². The molecule has 3 nitrogen and oxygen atoms in total. The van der Waals surface area contributed by atoms with Crippen LogP contribution in [-0.4, -0.2) is 11.6 Å². The van der Waals surface area contributed by atoms with Crippen molar-refractivity contribution >= 4 is 5.97 Å². The van der Waals surface area contributed by atoms with Crippen LogP contribution in [-0.2, 0) is 9.53 Å². The number of hydrogen-bond donors (Lipinski definition) is 0. The Hall–Kier alpha value is -1.82. The van der Waals surface area contributed by atoms with Crippen LogP contribution in [0.5, 0.6) is 0 Å². The molecule has 1 aromatic rings. The van der Waals surface area contributed by atoms with Gasteiger partial charge in [0.15, 0.2) is 0 Å². The molecule has 0 aliphatic heterocycles. The van der Waals surface area contributed by atoms with Gasteiger partial charge in [-0.25, -0.2) is 0 Å². The molecule has 0 saturated heterocycles. The topological polar surface area (TPSA) is 50.1 Å². The van der Waals surface area contributed by atoms with Crippen molar-refractivity contribution in [2.75, 3.05) is 0 Å². The molecule has 1 unspecified atom stereocenters. The van der Waals surface area contributed by atoms with Gasteiger partial charge in [-0.2, -0.15) is 5.26 Å². The molecule has 0 fully saturated rings. The third-order valence-corrected chi connectivity index (χ3v) is 2.78. The molecule has 1 aromatic carbocycles. The highest BCUT2D eigenvalue weighted by Crippen LogP contribution is 2.24. The van der Waals surface area contributed by atoms with Gasteiger partial charge in [-0.15, -0.1) is 0 Å². The highest BCUT2D eigenvalue weighted by molar-refractivity contribution is 5.70. The Labute approximate surface area is 115 Å². The minimum absolute atomic E-state index is 0.249. The molecule has 0 spiro atoms. The van der Waals surface area contributed by atoms with Gasteiger partial charge in [0.25, 0.3) is 0 Å². The van der Waals surface area contributed by atoms with Gasteiger partial charge in [-0.3, -0.25) is 4.79 Å². The van der Waals surface area contributed by atoms with E-state index < -0.39 is 5.60 Å². The molecule has 0 radical (unpaired) electrons. The lowest BCUT2D eigenvalue weighted by atomic mass is 9.92. The molecule has 3 heteroatoms. The van der Waals surface area contributed by atoms with Crippen molar-refractivity contribution in [3.05, 3.63) is 35.4 Å². The molecule has 102 valence electrons. The van der Waals surface area contributed by atoms with Crippen molar-refractivity contribution < 1.29 is 9.53 Å². The zero-order chi connectivity index (χ0) is 14.5. The van der Waals surface area contributed by atoms with E-state index in [0.717, 1.165) is 11.1 Å². The van der Waals surface area contributed by atoms with Gasteiger partial charge in [0, 0.05) is 6.42 Å². The summed E-state index contributed by atoms with van der Waals surface area (Å²) in [5, 5.41) is 9.25. The van der Waals surface area contributed by atoms with Crippen LogP contribution in [0.25, 0.3) is 0 Å². The maximum Gasteiger partial charge on any atom is 0.306 e. The van der Waals surface area contributed by atoms with Gasteiger partial charge >= 0.3 is 5.97 Å². The zero-order valence-corrected chi connectivity index (χ0v) is 12.1. The second kappa shape index (κ2) is 6.38. The largest absolute Gasteiger partial charge is 0.460 e. The van der Waals surface area contributed by atoms with Crippen LogP contribution in [0.2, 0.25) is 0 Å². The first-order chi connectivity index (χ1) is 8.83. The van der Waals surface area contributed by atoms with Crippen LogP contribution < -0.4 is 0 Å². The Morgan fingerprint density at radius 3 is 2.53 bits per heavy atom. The predicted octanol–water partition coefficient (Wildman–Crippen LogP) is 3.72. The van der Waals surface area contributed by atoms with Gasteiger partial charge in [0.1, 0.15) is 5.60 Å². The van der Waals surface area contributed by atoms with Gasteiger partial charge in [0.2, 0.25) is 0 Å². The van der Waals surface area contributed by atoms with E-state index in [9.17, 15) is 10.1 Å². The first-order valence-electron chi connectivity index (χ1n) is 6.50. The smallest absolute Gasteiger partial charge is 0.306 e. The van der Waals surface area contributed by atoms with E-state index in [0.29, 0.717) is 6.42 Å². The Bertz CT molecular complexity index is 480. The number of esters is 1. The summed E-state index contributed by atoms with van der Waals surface area (Å²) in [6.45, 7) is 7.50. The van der Waals surface area contributed by atoms with Crippen LogP contribution >= 0.6 is 0 Å². The fraction of sp³-hybridized carbons (Fsp3) is 0.500. The van der Waals surface area contributed by atoms with E-state index in [1.807, 2.05) is 52.0 Å². The summed E-state index contributed by atoms with van der Waals surface area (Å²) in [6.07, 6.45) is 0.764. The highest BCUT2D eigenvalue weighted by Gasteiger charge is 2.19. The van der Waals surface area contributed by atoms with E-state index >= 15 is 0 Å². The lowest BCUT2D eigenvalue weighted by molar-refractivity contribution is -0.154. The molecule has 0 aliphatic rings. The van der Waals surface area contributed by atoms with E-state index in [-0.39, 0.29) is 18.3 Å². The quantitative estimate of drug-likeness (QED) is 0.774. The Balaban J connectivity index is 2.63. The molecule has 0 aromatic heterocycles. The molecule has 0 heterocycles. The molecule has 0 N–H and O–H groups in total. The highest BCUT2D eigenvalue weighted by atomic mass is 16.6. The van der Waals surface area contributed by atoms with Crippen molar-refractivity contribution in [1.29, 1.82) is 5.26 Å². The third kappa shape index (κ3) is 5.13. The van der Waals surface area contributed by atoms with Gasteiger partial charge in [0.05, 0.1) is 12.0 Å². The zero-order valence-electron chi connectivity index (χ0n) is 12.1. The summed E-state index contributed by atoms with van der Waals surface area (Å²) >= 11 is 0. The number of carbonyl (C=O) groups excluding carboxylic acids is 1. The summed E-state index contributed by atoms with van der Waals surface area (Å²) in [4.78, 5) is 11.7. The fourth-order valence-electron chi connectivity index (χ4n) is 1.92. The first-order valence-corrected chi connectivity index (χ1v) is 6.50. The lowest BCUT2D eigenvalue weighted by Gasteiger charge is -2.20. The van der Waals surface area contributed by atoms with Gasteiger partial charge in [-0.05, 0) is 45.2 Å². The van der Waals surface area contributed by atoms with Crippen LogP contribution in [0.15, 0.2) is 24.3 Å². The molecule has 19 heavy (non-hydrogen) atoms. The summed E-state index contributed by atoms with van der Waals surface area (Å²) in [5.74, 6) is -0.505. The maximum atomic E-state index is 11.7. The third-order valence-electron chi connectivity index (χ3n) is 2.78. The number of aryl methyl sites for hydroxylation is 1. The van der Waals surface area contributed by atoms with E-state index in [1.165, 1.54) is 0 Å². The molecule has 0 bridgehead atoms. The fourth-order valence-corrected chi connectivity index (χ4v) is 1.92.